The zero-order valence-corrected chi connectivity index (χ0v) is 12.6. The van der Waals surface area contributed by atoms with Gasteiger partial charge < -0.3 is 10.1 Å². The summed E-state index contributed by atoms with van der Waals surface area (Å²) in [5.74, 6) is 0.791. The molecule has 1 unspecified atom stereocenters. The third-order valence-corrected chi connectivity index (χ3v) is 4.11. The fraction of sp³-hybridized carbons (Fsp3) is 0.333. The van der Waals surface area contributed by atoms with Gasteiger partial charge in [0.2, 0.25) is 0 Å². The summed E-state index contributed by atoms with van der Waals surface area (Å²) in [5, 5.41) is 13.4. The Bertz CT molecular complexity index is 630. The molecule has 20 heavy (non-hydrogen) atoms. The molecule has 0 aliphatic rings. The standard InChI is InChI=1S/C15H17N3OS/c1-10-8-18-15(20-10)11(2)17-9-13-6-12(7-16)4-5-14(13)19-3/h4-6,8,11,17H,9H2,1-3H3. The summed E-state index contributed by atoms with van der Waals surface area (Å²) in [6.07, 6.45) is 1.88. The molecular formula is C15H17N3OS. The smallest absolute Gasteiger partial charge is 0.123 e. The number of nitrogens with one attached hydrogen (secondary N) is 1. The minimum absolute atomic E-state index is 0.171. The molecule has 2 rings (SSSR count). The minimum atomic E-state index is 0.171. The van der Waals surface area contributed by atoms with E-state index in [0.29, 0.717) is 12.1 Å². The SMILES string of the molecule is COc1ccc(C#N)cc1CNC(C)c1ncc(C)s1. The normalized spacial score (nSPS) is 11.9. The Morgan fingerprint density at radius 1 is 1.50 bits per heavy atom. The van der Waals surface area contributed by atoms with Gasteiger partial charge in [0.1, 0.15) is 10.8 Å². The van der Waals surface area contributed by atoms with Gasteiger partial charge in [-0.2, -0.15) is 5.26 Å². The summed E-state index contributed by atoms with van der Waals surface area (Å²) in [5.41, 5.74) is 1.62. The summed E-state index contributed by atoms with van der Waals surface area (Å²) in [6, 6.07) is 7.76. The average Bonchev–Trinajstić information content (AvgIpc) is 2.91. The largest absolute Gasteiger partial charge is 0.496 e. The Labute approximate surface area is 123 Å². The fourth-order valence-electron chi connectivity index (χ4n) is 1.91. The molecule has 4 nitrogen and oxygen atoms in total. The zero-order valence-electron chi connectivity index (χ0n) is 11.8. The van der Waals surface area contributed by atoms with Gasteiger partial charge in [0.25, 0.3) is 0 Å². The van der Waals surface area contributed by atoms with Crippen LogP contribution in [0.4, 0.5) is 0 Å². The first-order chi connectivity index (χ1) is 9.63. The molecule has 104 valence electrons. The van der Waals surface area contributed by atoms with Crippen LogP contribution in [0.5, 0.6) is 5.75 Å². The van der Waals surface area contributed by atoms with Gasteiger partial charge in [-0.3, -0.25) is 0 Å². The Morgan fingerprint density at radius 2 is 2.30 bits per heavy atom. The molecule has 0 amide bonds. The van der Waals surface area contributed by atoms with Crippen molar-refractivity contribution < 1.29 is 4.74 Å². The first-order valence-corrected chi connectivity index (χ1v) is 7.18. The van der Waals surface area contributed by atoms with Crippen molar-refractivity contribution in [3.05, 3.63) is 45.4 Å². The lowest BCUT2D eigenvalue weighted by Crippen LogP contribution is -2.18. The number of hydrogen-bond acceptors (Lipinski definition) is 5. The zero-order chi connectivity index (χ0) is 14.5. The number of benzene rings is 1. The number of thiazole rings is 1. The third kappa shape index (κ3) is 3.35. The van der Waals surface area contributed by atoms with Crippen LogP contribution >= 0.6 is 11.3 Å². The molecule has 0 bridgehead atoms. The van der Waals surface area contributed by atoms with Crippen LogP contribution in [0.25, 0.3) is 0 Å². The molecule has 1 heterocycles. The number of nitrogens with zero attached hydrogens (tertiary/aromatic N) is 2. The second kappa shape index (κ2) is 6.51. The number of hydrogen-bond donors (Lipinski definition) is 1. The van der Waals surface area contributed by atoms with Crippen molar-refractivity contribution in [3.8, 4) is 11.8 Å². The molecule has 0 aliphatic carbocycles. The van der Waals surface area contributed by atoms with Crippen LogP contribution in [0.3, 0.4) is 0 Å². The summed E-state index contributed by atoms with van der Waals surface area (Å²) >= 11 is 1.69. The number of aromatic nitrogens is 1. The monoisotopic (exact) mass is 287 g/mol. The van der Waals surface area contributed by atoms with Gasteiger partial charge in [0.15, 0.2) is 0 Å². The van der Waals surface area contributed by atoms with E-state index < -0.39 is 0 Å². The van der Waals surface area contributed by atoms with E-state index in [4.69, 9.17) is 10.00 Å². The van der Waals surface area contributed by atoms with Crippen molar-refractivity contribution in [2.75, 3.05) is 7.11 Å². The molecule has 0 fully saturated rings. The molecule has 0 saturated carbocycles. The first kappa shape index (κ1) is 14.5. The van der Waals surface area contributed by atoms with E-state index in [-0.39, 0.29) is 6.04 Å². The summed E-state index contributed by atoms with van der Waals surface area (Å²) < 4.78 is 5.32. The van der Waals surface area contributed by atoms with Crippen LogP contribution in [-0.2, 0) is 6.54 Å². The van der Waals surface area contributed by atoms with E-state index >= 15 is 0 Å². The molecular weight excluding hydrogens is 270 g/mol. The van der Waals surface area contributed by atoms with E-state index in [2.05, 4.69) is 23.3 Å². The highest BCUT2D eigenvalue weighted by Crippen LogP contribution is 2.22. The molecule has 1 atom stereocenters. The van der Waals surface area contributed by atoms with E-state index in [9.17, 15) is 0 Å². The quantitative estimate of drug-likeness (QED) is 0.917. The number of ether oxygens (including phenoxy) is 1. The molecule has 0 aliphatic heterocycles. The van der Waals surface area contributed by atoms with Gasteiger partial charge in [-0.1, -0.05) is 0 Å². The van der Waals surface area contributed by atoms with Crippen LogP contribution in [0, 0.1) is 18.3 Å². The van der Waals surface area contributed by atoms with Gasteiger partial charge in [-0.05, 0) is 32.0 Å². The topological polar surface area (TPSA) is 57.9 Å². The first-order valence-electron chi connectivity index (χ1n) is 6.36. The Balaban J connectivity index is 2.08. The molecule has 2 aromatic rings. The third-order valence-electron chi connectivity index (χ3n) is 3.02. The second-order valence-electron chi connectivity index (χ2n) is 4.55. The lowest BCUT2D eigenvalue weighted by Gasteiger charge is -2.13. The average molecular weight is 287 g/mol. The van der Waals surface area contributed by atoms with E-state index in [0.717, 1.165) is 16.3 Å². The van der Waals surface area contributed by atoms with Gasteiger partial charge in [-0.25, -0.2) is 4.98 Å². The molecule has 0 radical (unpaired) electrons. The Morgan fingerprint density at radius 3 is 2.90 bits per heavy atom. The second-order valence-corrected chi connectivity index (χ2v) is 5.82. The highest BCUT2D eigenvalue weighted by atomic mass is 32.1. The lowest BCUT2D eigenvalue weighted by atomic mass is 10.1. The summed E-state index contributed by atoms with van der Waals surface area (Å²) in [4.78, 5) is 5.58. The van der Waals surface area contributed by atoms with Crippen molar-refractivity contribution in [2.45, 2.75) is 26.4 Å². The predicted molar refractivity (Wildman–Crippen MR) is 79.8 cm³/mol. The Hall–Kier alpha value is -1.90. The maximum absolute atomic E-state index is 8.96. The number of aryl methyl sites for hydroxylation is 1. The van der Waals surface area contributed by atoms with Gasteiger partial charge >= 0.3 is 0 Å². The Kier molecular flexibility index (Phi) is 4.72. The van der Waals surface area contributed by atoms with Crippen LogP contribution < -0.4 is 10.1 Å². The highest BCUT2D eigenvalue weighted by Gasteiger charge is 2.11. The number of nitriles is 1. The maximum Gasteiger partial charge on any atom is 0.123 e. The van der Waals surface area contributed by atoms with Crippen molar-refractivity contribution in [2.24, 2.45) is 0 Å². The van der Waals surface area contributed by atoms with Crippen molar-refractivity contribution >= 4 is 11.3 Å². The molecule has 0 spiro atoms. The van der Waals surface area contributed by atoms with Gasteiger partial charge in [-0.15, -0.1) is 11.3 Å². The van der Waals surface area contributed by atoms with Crippen molar-refractivity contribution in [3.63, 3.8) is 0 Å². The minimum Gasteiger partial charge on any atom is -0.496 e. The maximum atomic E-state index is 8.96. The van der Waals surface area contributed by atoms with E-state index in [1.54, 1.807) is 24.5 Å². The van der Waals surface area contributed by atoms with Gasteiger partial charge in [0.05, 0.1) is 24.8 Å². The summed E-state index contributed by atoms with van der Waals surface area (Å²) in [6.45, 7) is 4.77. The van der Waals surface area contributed by atoms with Crippen molar-refractivity contribution in [1.82, 2.24) is 10.3 Å². The highest BCUT2D eigenvalue weighted by molar-refractivity contribution is 7.11. The number of methoxy groups -OCH3 is 1. The predicted octanol–water partition coefficient (Wildman–Crippen LogP) is 3.18. The van der Waals surface area contributed by atoms with Crippen molar-refractivity contribution in [1.29, 1.82) is 5.26 Å². The molecule has 0 saturated heterocycles. The van der Waals surface area contributed by atoms with E-state index in [1.807, 2.05) is 25.3 Å². The number of rotatable bonds is 5. The van der Waals surface area contributed by atoms with Crippen LogP contribution in [-0.4, -0.2) is 12.1 Å². The lowest BCUT2D eigenvalue weighted by molar-refractivity contribution is 0.406. The van der Waals surface area contributed by atoms with Crippen LogP contribution in [0.15, 0.2) is 24.4 Å². The molecule has 1 aromatic heterocycles. The summed E-state index contributed by atoms with van der Waals surface area (Å²) in [7, 11) is 1.64. The fourth-order valence-corrected chi connectivity index (χ4v) is 2.71. The molecule has 1 aromatic carbocycles. The van der Waals surface area contributed by atoms with Crippen LogP contribution in [0.2, 0.25) is 0 Å². The molecule has 5 heteroatoms. The molecule has 1 N–H and O–H groups in total. The van der Waals surface area contributed by atoms with Gasteiger partial charge in [0, 0.05) is 23.2 Å². The van der Waals surface area contributed by atoms with E-state index in [1.165, 1.54) is 4.88 Å². The van der Waals surface area contributed by atoms with Crippen LogP contribution in [0.1, 0.15) is 34.0 Å².